The van der Waals surface area contributed by atoms with Crippen molar-refractivity contribution < 1.29 is 9.47 Å². The lowest BCUT2D eigenvalue weighted by molar-refractivity contribution is 0.173. The van der Waals surface area contributed by atoms with Crippen LogP contribution in [0, 0.1) is 11.8 Å². The molecule has 1 aromatic carbocycles. The van der Waals surface area contributed by atoms with Crippen LogP contribution in [0.2, 0.25) is 0 Å². The average molecular weight is 262 g/mol. The molecule has 0 bridgehead atoms. The third-order valence-corrected chi connectivity index (χ3v) is 4.46. The van der Waals surface area contributed by atoms with Crippen LogP contribution in [0.1, 0.15) is 25.5 Å². The summed E-state index contributed by atoms with van der Waals surface area (Å²) in [5, 5.41) is 0. The van der Waals surface area contributed by atoms with Gasteiger partial charge in [0.1, 0.15) is 0 Å². The Morgan fingerprint density at radius 3 is 2.58 bits per heavy atom. The Morgan fingerprint density at radius 1 is 1.21 bits per heavy atom. The number of fused-ring (bicyclic) bond motifs is 1. The molecule has 2 aliphatic rings. The van der Waals surface area contributed by atoms with Gasteiger partial charge in [0.2, 0.25) is 6.79 Å². The summed E-state index contributed by atoms with van der Waals surface area (Å²) in [5.41, 5.74) is 7.24. The van der Waals surface area contributed by atoms with Crippen LogP contribution in [0.15, 0.2) is 18.2 Å². The van der Waals surface area contributed by atoms with E-state index in [-0.39, 0.29) is 6.04 Å². The molecule has 3 rings (SSSR count). The molecule has 1 saturated heterocycles. The van der Waals surface area contributed by atoms with Crippen molar-refractivity contribution in [2.24, 2.45) is 17.6 Å². The number of rotatable bonds is 3. The fourth-order valence-electron chi connectivity index (χ4n) is 3.05. The molecule has 0 amide bonds. The van der Waals surface area contributed by atoms with Crippen molar-refractivity contribution >= 4 is 0 Å². The molecule has 2 N–H and O–H groups in total. The van der Waals surface area contributed by atoms with Crippen molar-refractivity contribution in [2.45, 2.75) is 19.9 Å². The highest BCUT2D eigenvalue weighted by molar-refractivity contribution is 5.45. The predicted octanol–water partition coefficient (Wildman–Crippen LogP) is 2.00. The lowest BCUT2D eigenvalue weighted by Gasteiger charge is -2.27. The van der Waals surface area contributed by atoms with E-state index in [2.05, 4.69) is 30.9 Å². The van der Waals surface area contributed by atoms with Crippen LogP contribution in [0.5, 0.6) is 11.5 Å². The largest absolute Gasteiger partial charge is 0.454 e. The Hall–Kier alpha value is -1.26. The minimum Gasteiger partial charge on any atom is -0.454 e. The standard InChI is InChI=1S/C15H22N2O2/c1-10-7-17(8-11(10)2)13(6-16)12-3-4-14-15(5-12)19-9-18-14/h3-5,10-11,13H,6-9,16H2,1-2H3. The summed E-state index contributed by atoms with van der Waals surface area (Å²) >= 11 is 0. The second-order valence-electron chi connectivity index (χ2n) is 5.77. The van der Waals surface area contributed by atoms with Crippen molar-refractivity contribution in [3.05, 3.63) is 23.8 Å². The maximum absolute atomic E-state index is 6.01. The van der Waals surface area contributed by atoms with E-state index in [1.807, 2.05) is 6.07 Å². The zero-order valence-corrected chi connectivity index (χ0v) is 11.6. The molecular formula is C15H22N2O2. The molecule has 104 valence electrons. The number of benzene rings is 1. The summed E-state index contributed by atoms with van der Waals surface area (Å²) in [6, 6.07) is 6.46. The fourth-order valence-corrected chi connectivity index (χ4v) is 3.05. The molecule has 4 nitrogen and oxygen atoms in total. The molecule has 1 aromatic rings. The maximum Gasteiger partial charge on any atom is 0.231 e. The van der Waals surface area contributed by atoms with E-state index in [0.717, 1.165) is 36.4 Å². The molecule has 2 aliphatic heterocycles. The highest BCUT2D eigenvalue weighted by atomic mass is 16.7. The summed E-state index contributed by atoms with van der Waals surface area (Å²) in [5.74, 6) is 3.16. The quantitative estimate of drug-likeness (QED) is 0.905. The number of ether oxygens (including phenoxy) is 2. The van der Waals surface area contributed by atoms with E-state index in [0.29, 0.717) is 13.3 Å². The molecule has 0 aliphatic carbocycles. The molecule has 1 fully saturated rings. The van der Waals surface area contributed by atoms with Gasteiger partial charge in [-0.15, -0.1) is 0 Å². The Balaban J connectivity index is 1.82. The Bertz CT molecular complexity index is 453. The van der Waals surface area contributed by atoms with E-state index >= 15 is 0 Å². The summed E-state index contributed by atoms with van der Waals surface area (Å²) < 4.78 is 10.8. The third-order valence-electron chi connectivity index (χ3n) is 4.46. The van der Waals surface area contributed by atoms with Crippen LogP contribution < -0.4 is 15.2 Å². The first kappa shape index (κ1) is 12.8. The molecule has 4 heteroatoms. The smallest absolute Gasteiger partial charge is 0.231 e. The lowest BCUT2D eigenvalue weighted by atomic mass is 10.0. The van der Waals surface area contributed by atoms with Crippen molar-refractivity contribution in [1.82, 2.24) is 4.90 Å². The molecular weight excluding hydrogens is 240 g/mol. The molecule has 3 atom stereocenters. The maximum atomic E-state index is 6.01. The van der Waals surface area contributed by atoms with Crippen LogP contribution in [-0.2, 0) is 0 Å². The van der Waals surface area contributed by atoms with E-state index in [1.54, 1.807) is 0 Å². The summed E-state index contributed by atoms with van der Waals surface area (Å²) in [6.45, 7) is 7.84. The lowest BCUT2D eigenvalue weighted by Crippen LogP contribution is -2.32. The molecule has 0 aromatic heterocycles. The minimum absolute atomic E-state index is 0.280. The number of likely N-dealkylation sites (tertiary alicyclic amines) is 1. The van der Waals surface area contributed by atoms with E-state index in [1.165, 1.54) is 5.56 Å². The van der Waals surface area contributed by atoms with Crippen LogP contribution in [-0.4, -0.2) is 31.3 Å². The van der Waals surface area contributed by atoms with Gasteiger partial charge in [0.05, 0.1) is 0 Å². The first-order valence-corrected chi connectivity index (χ1v) is 7.02. The number of hydrogen-bond donors (Lipinski definition) is 1. The van der Waals surface area contributed by atoms with Crippen LogP contribution >= 0.6 is 0 Å². The van der Waals surface area contributed by atoms with Crippen molar-refractivity contribution in [3.8, 4) is 11.5 Å². The molecule has 0 saturated carbocycles. The number of nitrogens with two attached hydrogens (primary N) is 1. The van der Waals surface area contributed by atoms with Gasteiger partial charge in [0, 0.05) is 25.7 Å². The Morgan fingerprint density at radius 2 is 1.89 bits per heavy atom. The van der Waals surface area contributed by atoms with E-state index < -0.39 is 0 Å². The van der Waals surface area contributed by atoms with Crippen molar-refractivity contribution in [1.29, 1.82) is 0 Å². The van der Waals surface area contributed by atoms with E-state index in [4.69, 9.17) is 15.2 Å². The zero-order chi connectivity index (χ0) is 13.4. The normalized spacial score (nSPS) is 27.7. The molecule has 0 spiro atoms. The highest BCUT2D eigenvalue weighted by Crippen LogP contribution is 2.37. The van der Waals surface area contributed by atoms with Gasteiger partial charge in [-0.25, -0.2) is 0 Å². The number of hydrogen-bond acceptors (Lipinski definition) is 4. The van der Waals surface area contributed by atoms with Gasteiger partial charge < -0.3 is 15.2 Å². The monoisotopic (exact) mass is 262 g/mol. The van der Waals surface area contributed by atoms with Crippen LogP contribution in [0.3, 0.4) is 0 Å². The Labute approximate surface area is 114 Å². The van der Waals surface area contributed by atoms with Gasteiger partial charge >= 0.3 is 0 Å². The summed E-state index contributed by atoms with van der Waals surface area (Å²) in [7, 11) is 0. The topological polar surface area (TPSA) is 47.7 Å². The minimum atomic E-state index is 0.280. The second kappa shape index (κ2) is 5.02. The molecule has 0 radical (unpaired) electrons. The van der Waals surface area contributed by atoms with Gasteiger partial charge in [-0.2, -0.15) is 0 Å². The highest BCUT2D eigenvalue weighted by Gasteiger charge is 2.31. The molecule has 19 heavy (non-hydrogen) atoms. The van der Waals surface area contributed by atoms with Gasteiger partial charge in [-0.05, 0) is 29.5 Å². The SMILES string of the molecule is CC1CN(C(CN)c2ccc3c(c2)OCO3)CC1C. The first-order valence-electron chi connectivity index (χ1n) is 7.02. The van der Waals surface area contributed by atoms with Gasteiger partial charge in [0.15, 0.2) is 11.5 Å². The van der Waals surface area contributed by atoms with Crippen molar-refractivity contribution in [3.63, 3.8) is 0 Å². The second-order valence-corrected chi connectivity index (χ2v) is 5.77. The fraction of sp³-hybridized carbons (Fsp3) is 0.600. The van der Waals surface area contributed by atoms with Gasteiger partial charge in [-0.3, -0.25) is 4.90 Å². The summed E-state index contributed by atoms with van der Waals surface area (Å²) in [6.07, 6.45) is 0. The zero-order valence-electron chi connectivity index (χ0n) is 11.6. The Kier molecular flexibility index (Phi) is 3.37. The van der Waals surface area contributed by atoms with Gasteiger partial charge in [-0.1, -0.05) is 19.9 Å². The van der Waals surface area contributed by atoms with Gasteiger partial charge in [0.25, 0.3) is 0 Å². The van der Waals surface area contributed by atoms with Crippen LogP contribution in [0.4, 0.5) is 0 Å². The first-order chi connectivity index (χ1) is 9.19. The van der Waals surface area contributed by atoms with Crippen molar-refractivity contribution in [2.75, 3.05) is 26.4 Å². The average Bonchev–Trinajstić information content (AvgIpc) is 2.98. The van der Waals surface area contributed by atoms with E-state index in [9.17, 15) is 0 Å². The summed E-state index contributed by atoms with van der Waals surface area (Å²) in [4.78, 5) is 2.49. The van der Waals surface area contributed by atoms with Crippen LogP contribution in [0.25, 0.3) is 0 Å². The molecule has 3 unspecified atom stereocenters. The predicted molar refractivity (Wildman–Crippen MR) is 74.3 cm³/mol. The molecule has 2 heterocycles. The third kappa shape index (κ3) is 2.30. The number of nitrogens with zero attached hydrogens (tertiary/aromatic N) is 1.